The second-order valence-electron chi connectivity index (χ2n) is 4.57. The quantitative estimate of drug-likeness (QED) is 0.618. The number of alkyl halides is 2. The molecule has 3 nitrogen and oxygen atoms in total. The zero-order valence-corrected chi connectivity index (χ0v) is 15.2. The molecule has 0 saturated carbocycles. The third-order valence-electron chi connectivity index (χ3n) is 3.01. The summed E-state index contributed by atoms with van der Waals surface area (Å²) >= 11 is 10.7. The smallest absolute Gasteiger partial charge is 0.269 e. The average Bonchev–Trinajstić information content (AvgIpc) is 2.50. The van der Waals surface area contributed by atoms with Crippen molar-refractivity contribution in [1.29, 1.82) is 0 Å². The van der Waals surface area contributed by atoms with Crippen molar-refractivity contribution in [2.24, 2.45) is 0 Å². The Hall–Kier alpha value is -1.05. The van der Waals surface area contributed by atoms with Crippen LogP contribution in [0.1, 0.15) is 0 Å². The molecule has 0 unspecified atom stereocenters. The fraction of sp³-hybridized carbons (Fsp3) is 0.267. The highest BCUT2D eigenvalue weighted by Gasteiger charge is 2.16. The van der Waals surface area contributed by atoms with E-state index in [-0.39, 0.29) is 5.02 Å². The molecule has 0 radical (unpaired) electrons. The Kier molecular flexibility index (Phi) is 6.50. The van der Waals surface area contributed by atoms with E-state index in [1.54, 1.807) is 24.3 Å². The summed E-state index contributed by atoms with van der Waals surface area (Å²) in [6.07, 6.45) is -0.743. The first-order valence-corrected chi connectivity index (χ1v) is 9.09. The number of nitrogens with zero attached hydrogens (tertiary/aromatic N) is 1. The molecule has 0 amide bonds. The summed E-state index contributed by atoms with van der Waals surface area (Å²) in [5.41, 5.74) is 0.331. The summed E-state index contributed by atoms with van der Waals surface area (Å²) in [6.45, 7) is -0.716. The lowest BCUT2D eigenvalue weighted by molar-refractivity contribution is 0.126. The molecule has 0 spiro atoms. The Balaban J connectivity index is 2.49. The molecule has 2 rings (SSSR count). The minimum atomic E-state index is -2.66. The van der Waals surface area contributed by atoms with Crippen LogP contribution < -0.4 is 10.3 Å². The minimum Gasteiger partial charge on any atom is -0.483 e. The van der Waals surface area contributed by atoms with Crippen LogP contribution in [0.5, 0.6) is 5.75 Å². The first kappa shape index (κ1) is 18.3. The van der Waals surface area contributed by atoms with Gasteiger partial charge in [-0.15, -0.1) is 11.8 Å². The number of thioether (sulfide) groups is 1. The van der Waals surface area contributed by atoms with Crippen molar-refractivity contribution in [2.45, 2.75) is 13.0 Å². The maximum absolute atomic E-state index is 12.8. The Labute approximate surface area is 149 Å². The van der Waals surface area contributed by atoms with Crippen LogP contribution in [0.15, 0.2) is 39.6 Å². The van der Waals surface area contributed by atoms with E-state index < -0.39 is 18.5 Å². The lowest BCUT2D eigenvalue weighted by Crippen LogP contribution is -2.25. The number of hydrogen-bond donors (Lipinski definition) is 0. The summed E-state index contributed by atoms with van der Waals surface area (Å²) in [6, 6.07) is 8.13. The summed E-state index contributed by atoms with van der Waals surface area (Å²) in [7, 11) is 0. The molecule has 0 aliphatic heterocycles. The zero-order chi connectivity index (χ0) is 17.0. The number of hydrogen-bond acceptors (Lipinski definition) is 3. The molecule has 23 heavy (non-hydrogen) atoms. The molecule has 8 heteroatoms. The van der Waals surface area contributed by atoms with Crippen molar-refractivity contribution < 1.29 is 13.5 Å². The van der Waals surface area contributed by atoms with E-state index >= 15 is 0 Å². The molecule has 124 valence electrons. The van der Waals surface area contributed by atoms with Gasteiger partial charge >= 0.3 is 0 Å². The Morgan fingerprint density at radius 2 is 2.09 bits per heavy atom. The van der Waals surface area contributed by atoms with Crippen LogP contribution in [0.25, 0.3) is 11.3 Å². The van der Waals surface area contributed by atoms with E-state index in [1.807, 2.05) is 6.26 Å². The fourth-order valence-corrected chi connectivity index (χ4v) is 3.01. The van der Waals surface area contributed by atoms with Crippen LogP contribution in [-0.4, -0.2) is 23.2 Å². The standard InChI is InChI=1S/C15H13BrClF2NO2S/c1-23-8-22-9-2-3-10(11(16)6-9)13-5-4-12(17)15(21)20(13)7-14(18)19/h2-6,14H,7-8H2,1H3. The third-order valence-corrected chi connectivity index (χ3v) is 4.31. The van der Waals surface area contributed by atoms with Gasteiger partial charge in [-0.25, -0.2) is 8.78 Å². The topological polar surface area (TPSA) is 31.2 Å². The molecular formula is C15H13BrClF2NO2S. The zero-order valence-electron chi connectivity index (χ0n) is 12.1. The fourth-order valence-electron chi connectivity index (χ4n) is 2.03. The minimum absolute atomic E-state index is 0.0922. The highest BCUT2D eigenvalue weighted by molar-refractivity contribution is 9.10. The molecule has 0 atom stereocenters. The molecule has 0 N–H and O–H groups in total. The molecule has 0 aliphatic carbocycles. The number of aromatic nitrogens is 1. The van der Waals surface area contributed by atoms with E-state index in [0.717, 1.165) is 4.57 Å². The highest BCUT2D eigenvalue weighted by Crippen LogP contribution is 2.32. The van der Waals surface area contributed by atoms with Gasteiger partial charge in [0, 0.05) is 10.0 Å². The van der Waals surface area contributed by atoms with Gasteiger partial charge in [-0.2, -0.15) is 0 Å². The van der Waals surface area contributed by atoms with Crippen molar-refractivity contribution in [3.05, 3.63) is 50.2 Å². The van der Waals surface area contributed by atoms with Crippen LogP contribution in [0.3, 0.4) is 0 Å². The largest absolute Gasteiger partial charge is 0.483 e. The number of rotatable bonds is 6. The second-order valence-corrected chi connectivity index (χ2v) is 6.64. The second kappa shape index (κ2) is 8.17. The average molecular weight is 425 g/mol. The summed E-state index contributed by atoms with van der Waals surface area (Å²) in [5, 5.41) is -0.0922. The van der Waals surface area contributed by atoms with Gasteiger partial charge in [0.25, 0.3) is 12.0 Å². The molecule has 2 aromatic rings. The maximum Gasteiger partial charge on any atom is 0.269 e. The van der Waals surface area contributed by atoms with Crippen molar-refractivity contribution in [3.63, 3.8) is 0 Å². The maximum atomic E-state index is 12.8. The Morgan fingerprint density at radius 1 is 1.35 bits per heavy atom. The normalized spacial score (nSPS) is 11.0. The summed E-state index contributed by atoms with van der Waals surface area (Å²) in [5.74, 6) is 1.15. The first-order valence-electron chi connectivity index (χ1n) is 6.53. The first-order chi connectivity index (χ1) is 10.9. The van der Waals surface area contributed by atoms with Crippen molar-refractivity contribution in [1.82, 2.24) is 4.57 Å². The Bertz CT molecular complexity index is 755. The van der Waals surface area contributed by atoms with Crippen molar-refractivity contribution in [2.75, 3.05) is 12.2 Å². The molecule has 0 fully saturated rings. The number of ether oxygens (including phenoxy) is 1. The van der Waals surface area contributed by atoms with Gasteiger partial charge in [-0.1, -0.05) is 11.6 Å². The van der Waals surface area contributed by atoms with E-state index in [9.17, 15) is 13.6 Å². The molecule has 0 aliphatic rings. The van der Waals surface area contributed by atoms with Gasteiger partial charge in [-0.05, 0) is 52.5 Å². The van der Waals surface area contributed by atoms with Crippen LogP contribution in [0.4, 0.5) is 8.78 Å². The lowest BCUT2D eigenvalue weighted by Gasteiger charge is -2.15. The molecular weight excluding hydrogens is 412 g/mol. The van der Waals surface area contributed by atoms with Gasteiger partial charge in [0.05, 0.1) is 12.2 Å². The van der Waals surface area contributed by atoms with E-state index in [1.165, 1.54) is 17.8 Å². The van der Waals surface area contributed by atoms with E-state index in [2.05, 4.69) is 15.9 Å². The molecule has 0 bridgehead atoms. The molecule has 1 aromatic heterocycles. The van der Waals surface area contributed by atoms with Crippen LogP contribution in [0, 0.1) is 0 Å². The predicted molar refractivity (Wildman–Crippen MR) is 93.9 cm³/mol. The monoisotopic (exact) mass is 423 g/mol. The van der Waals surface area contributed by atoms with Crippen LogP contribution in [0.2, 0.25) is 5.02 Å². The van der Waals surface area contributed by atoms with E-state index in [4.69, 9.17) is 16.3 Å². The lowest BCUT2D eigenvalue weighted by atomic mass is 10.1. The third kappa shape index (κ3) is 4.49. The van der Waals surface area contributed by atoms with Crippen LogP contribution in [-0.2, 0) is 6.54 Å². The van der Waals surface area contributed by atoms with Gasteiger partial charge in [0.1, 0.15) is 16.7 Å². The predicted octanol–water partition coefficient (Wildman–Crippen LogP) is 4.90. The van der Waals surface area contributed by atoms with Crippen molar-refractivity contribution in [3.8, 4) is 17.0 Å². The molecule has 1 aromatic carbocycles. The number of pyridine rings is 1. The van der Waals surface area contributed by atoms with Gasteiger partial charge in [0.15, 0.2) is 0 Å². The van der Waals surface area contributed by atoms with Gasteiger partial charge in [0.2, 0.25) is 0 Å². The molecule has 1 heterocycles. The van der Waals surface area contributed by atoms with Gasteiger partial charge < -0.3 is 9.30 Å². The van der Waals surface area contributed by atoms with Gasteiger partial charge in [-0.3, -0.25) is 4.79 Å². The highest BCUT2D eigenvalue weighted by atomic mass is 79.9. The SMILES string of the molecule is CSCOc1ccc(-c2ccc(Cl)c(=O)n2CC(F)F)c(Br)c1. The van der Waals surface area contributed by atoms with Crippen LogP contribution >= 0.6 is 39.3 Å². The number of benzene rings is 1. The summed E-state index contributed by atoms with van der Waals surface area (Å²) in [4.78, 5) is 12.1. The molecule has 0 saturated heterocycles. The summed E-state index contributed by atoms with van der Waals surface area (Å²) < 4.78 is 32.7. The number of halogens is 4. The van der Waals surface area contributed by atoms with Crippen molar-refractivity contribution >= 4 is 39.3 Å². The van der Waals surface area contributed by atoms with E-state index in [0.29, 0.717) is 27.4 Å². The Morgan fingerprint density at radius 3 is 2.70 bits per heavy atom.